The van der Waals surface area contributed by atoms with E-state index in [9.17, 15) is 0 Å². The number of nitrogens with zero attached hydrogens (tertiary/aromatic N) is 3. The van der Waals surface area contributed by atoms with Gasteiger partial charge in [-0.1, -0.05) is 13.8 Å². The Hall–Kier alpha value is -1.62. The largest absolute Gasteiger partial charge is 0.441 e. The summed E-state index contributed by atoms with van der Waals surface area (Å²) in [5.74, 6) is 1.38. The zero-order valence-electron chi connectivity index (χ0n) is 10.5. The van der Waals surface area contributed by atoms with Crippen molar-refractivity contribution in [3.05, 3.63) is 24.4 Å². The molecule has 2 heterocycles. The first-order chi connectivity index (χ1) is 8.16. The lowest BCUT2D eigenvalue weighted by molar-refractivity contribution is 0.544. The van der Waals surface area contributed by atoms with E-state index < -0.39 is 0 Å². The fraction of sp³-hybridized carbons (Fsp3) is 0.500. The summed E-state index contributed by atoms with van der Waals surface area (Å²) in [6.45, 7) is 6.03. The molecule has 0 aromatic carbocycles. The third-order valence-electron chi connectivity index (χ3n) is 2.43. The van der Waals surface area contributed by atoms with E-state index in [1.54, 1.807) is 4.68 Å². The molecule has 2 rings (SSSR count). The lowest BCUT2D eigenvalue weighted by Gasteiger charge is -2.05. The van der Waals surface area contributed by atoms with Crippen molar-refractivity contribution < 1.29 is 4.42 Å². The molecule has 0 fully saturated rings. The van der Waals surface area contributed by atoms with Gasteiger partial charge < -0.3 is 9.73 Å². The number of rotatable bonds is 5. The van der Waals surface area contributed by atoms with E-state index in [2.05, 4.69) is 29.2 Å². The molecule has 0 atom stereocenters. The molecule has 0 radical (unpaired) electrons. The monoisotopic (exact) mass is 234 g/mol. The van der Waals surface area contributed by atoms with Gasteiger partial charge in [0.1, 0.15) is 11.4 Å². The van der Waals surface area contributed by atoms with Crippen LogP contribution in [0.25, 0.3) is 11.5 Å². The van der Waals surface area contributed by atoms with Crippen LogP contribution in [0.1, 0.15) is 19.5 Å². The van der Waals surface area contributed by atoms with Crippen molar-refractivity contribution >= 4 is 0 Å². The quantitative estimate of drug-likeness (QED) is 0.857. The van der Waals surface area contributed by atoms with Crippen LogP contribution in [0.5, 0.6) is 0 Å². The van der Waals surface area contributed by atoms with Crippen LogP contribution in [0.3, 0.4) is 0 Å². The van der Waals surface area contributed by atoms with Crippen molar-refractivity contribution in [1.82, 2.24) is 20.1 Å². The molecule has 0 aliphatic carbocycles. The van der Waals surface area contributed by atoms with Gasteiger partial charge in [0.25, 0.3) is 0 Å². The van der Waals surface area contributed by atoms with E-state index in [-0.39, 0.29) is 0 Å². The Morgan fingerprint density at radius 3 is 2.94 bits per heavy atom. The van der Waals surface area contributed by atoms with Gasteiger partial charge >= 0.3 is 0 Å². The maximum absolute atomic E-state index is 5.39. The SMILES string of the molecule is CC(C)CNCc1ncoc1-c1ccn(C)n1. The van der Waals surface area contributed by atoms with E-state index in [0.717, 1.165) is 23.7 Å². The molecule has 5 heteroatoms. The average Bonchev–Trinajstić information content (AvgIpc) is 2.86. The van der Waals surface area contributed by atoms with E-state index >= 15 is 0 Å². The van der Waals surface area contributed by atoms with Crippen molar-refractivity contribution in [3.8, 4) is 11.5 Å². The Labute approximate surface area is 101 Å². The molecular weight excluding hydrogens is 216 g/mol. The van der Waals surface area contributed by atoms with Crippen LogP contribution in [0.15, 0.2) is 23.1 Å². The second kappa shape index (κ2) is 5.14. The summed E-state index contributed by atoms with van der Waals surface area (Å²) in [5, 5.41) is 7.66. The summed E-state index contributed by atoms with van der Waals surface area (Å²) < 4.78 is 7.15. The zero-order valence-corrected chi connectivity index (χ0v) is 10.5. The Kier molecular flexibility index (Phi) is 3.58. The van der Waals surface area contributed by atoms with Crippen LogP contribution in [-0.4, -0.2) is 21.3 Å². The summed E-state index contributed by atoms with van der Waals surface area (Å²) >= 11 is 0. The first kappa shape index (κ1) is 11.9. The predicted octanol–water partition coefficient (Wildman–Crippen LogP) is 1.82. The highest BCUT2D eigenvalue weighted by Crippen LogP contribution is 2.20. The van der Waals surface area contributed by atoms with Gasteiger partial charge in [-0.2, -0.15) is 5.10 Å². The lowest BCUT2D eigenvalue weighted by atomic mass is 10.2. The van der Waals surface area contributed by atoms with Crippen molar-refractivity contribution in [3.63, 3.8) is 0 Å². The molecule has 0 unspecified atom stereocenters. The Bertz CT molecular complexity index is 472. The molecular formula is C12H18N4O. The van der Waals surface area contributed by atoms with Crippen molar-refractivity contribution in [1.29, 1.82) is 0 Å². The van der Waals surface area contributed by atoms with E-state index in [1.807, 2.05) is 19.3 Å². The fourth-order valence-electron chi connectivity index (χ4n) is 1.62. The van der Waals surface area contributed by atoms with Crippen LogP contribution < -0.4 is 5.32 Å². The Morgan fingerprint density at radius 1 is 1.47 bits per heavy atom. The average molecular weight is 234 g/mol. The molecule has 0 aliphatic rings. The number of aromatic nitrogens is 3. The number of hydrogen-bond acceptors (Lipinski definition) is 4. The smallest absolute Gasteiger partial charge is 0.181 e. The third kappa shape index (κ3) is 2.94. The van der Waals surface area contributed by atoms with Crippen LogP contribution in [-0.2, 0) is 13.6 Å². The molecule has 0 amide bonds. The molecule has 2 aromatic rings. The predicted molar refractivity (Wildman–Crippen MR) is 65.2 cm³/mol. The number of nitrogens with one attached hydrogen (secondary N) is 1. The first-order valence-corrected chi connectivity index (χ1v) is 5.80. The molecule has 0 aliphatic heterocycles. The maximum Gasteiger partial charge on any atom is 0.181 e. The van der Waals surface area contributed by atoms with Crippen molar-refractivity contribution in [2.75, 3.05) is 6.54 Å². The molecule has 0 bridgehead atoms. The fourth-order valence-corrected chi connectivity index (χ4v) is 1.62. The van der Waals surface area contributed by atoms with Gasteiger partial charge in [-0.3, -0.25) is 4.68 Å². The van der Waals surface area contributed by atoms with Crippen LogP contribution in [0.2, 0.25) is 0 Å². The van der Waals surface area contributed by atoms with E-state index in [4.69, 9.17) is 4.42 Å². The molecule has 0 spiro atoms. The van der Waals surface area contributed by atoms with Gasteiger partial charge in [0.05, 0.1) is 0 Å². The van der Waals surface area contributed by atoms with Gasteiger partial charge in [0, 0.05) is 19.8 Å². The summed E-state index contributed by atoms with van der Waals surface area (Å²) in [7, 11) is 1.89. The van der Waals surface area contributed by atoms with Gasteiger partial charge in [-0.15, -0.1) is 0 Å². The first-order valence-electron chi connectivity index (χ1n) is 5.80. The van der Waals surface area contributed by atoms with Gasteiger partial charge in [0.15, 0.2) is 12.2 Å². The normalized spacial score (nSPS) is 11.3. The second-order valence-electron chi connectivity index (χ2n) is 4.53. The lowest BCUT2D eigenvalue weighted by Crippen LogP contribution is -2.19. The Morgan fingerprint density at radius 2 is 2.29 bits per heavy atom. The highest BCUT2D eigenvalue weighted by molar-refractivity contribution is 5.53. The highest BCUT2D eigenvalue weighted by Gasteiger charge is 2.12. The minimum absolute atomic E-state index is 0.625. The topological polar surface area (TPSA) is 55.9 Å². The molecule has 1 N–H and O–H groups in total. The van der Waals surface area contributed by atoms with Gasteiger partial charge in [-0.05, 0) is 18.5 Å². The number of oxazole rings is 1. The number of aryl methyl sites for hydroxylation is 1. The van der Waals surface area contributed by atoms with Crippen LogP contribution in [0, 0.1) is 5.92 Å². The summed E-state index contributed by atoms with van der Waals surface area (Å²) in [6, 6.07) is 1.92. The summed E-state index contributed by atoms with van der Waals surface area (Å²) in [4.78, 5) is 4.22. The standard InChI is InChI=1S/C12H18N4O/c1-9(2)6-13-7-11-12(17-8-14-11)10-4-5-16(3)15-10/h4-5,8-9,13H,6-7H2,1-3H3. The molecule has 5 nitrogen and oxygen atoms in total. The summed E-state index contributed by atoms with van der Waals surface area (Å²) in [6.07, 6.45) is 3.36. The van der Waals surface area contributed by atoms with E-state index in [0.29, 0.717) is 12.5 Å². The van der Waals surface area contributed by atoms with Crippen molar-refractivity contribution in [2.24, 2.45) is 13.0 Å². The minimum atomic E-state index is 0.625. The molecule has 0 saturated carbocycles. The van der Waals surface area contributed by atoms with Crippen LogP contribution >= 0.6 is 0 Å². The highest BCUT2D eigenvalue weighted by atomic mass is 16.3. The molecule has 17 heavy (non-hydrogen) atoms. The molecule has 92 valence electrons. The maximum atomic E-state index is 5.39. The molecule has 2 aromatic heterocycles. The third-order valence-corrected chi connectivity index (χ3v) is 2.43. The second-order valence-corrected chi connectivity index (χ2v) is 4.53. The van der Waals surface area contributed by atoms with Gasteiger partial charge in [0.2, 0.25) is 0 Å². The van der Waals surface area contributed by atoms with Crippen molar-refractivity contribution in [2.45, 2.75) is 20.4 Å². The van der Waals surface area contributed by atoms with E-state index in [1.165, 1.54) is 6.39 Å². The minimum Gasteiger partial charge on any atom is -0.441 e. The van der Waals surface area contributed by atoms with Gasteiger partial charge in [-0.25, -0.2) is 4.98 Å². The molecule has 0 saturated heterocycles. The van der Waals surface area contributed by atoms with Crippen LogP contribution in [0.4, 0.5) is 0 Å². The summed E-state index contributed by atoms with van der Waals surface area (Å²) in [5.41, 5.74) is 1.73. The Balaban J connectivity index is 2.07. The zero-order chi connectivity index (χ0) is 12.3. The number of hydrogen-bond donors (Lipinski definition) is 1.